The van der Waals surface area contributed by atoms with Crippen molar-refractivity contribution in [2.45, 2.75) is 58.9 Å². The zero-order valence-electron chi connectivity index (χ0n) is 11.3. The van der Waals surface area contributed by atoms with E-state index in [-0.39, 0.29) is 0 Å². The lowest BCUT2D eigenvalue weighted by molar-refractivity contribution is -0.132. The van der Waals surface area contributed by atoms with Crippen LogP contribution in [0.15, 0.2) is 0 Å². The number of likely N-dealkylation sites (tertiary alicyclic amines) is 1. The molecule has 2 nitrogen and oxygen atoms in total. The van der Waals surface area contributed by atoms with E-state index in [1.54, 1.807) is 0 Å². The highest BCUT2D eigenvalue weighted by atomic mass is 35.5. The summed E-state index contributed by atoms with van der Waals surface area (Å²) in [6.07, 6.45) is 5.04. The summed E-state index contributed by atoms with van der Waals surface area (Å²) in [6.45, 7) is 7.98. The first-order chi connectivity index (χ1) is 7.85. The van der Waals surface area contributed by atoms with E-state index in [2.05, 4.69) is 25.7 Å². The molecule has 1 aliphatic carbocycles. The van der Waals surface area contributed by atoms with E-state index in [4.69, 9.17) is 11.6 Å². The molecule has 0 radical (unpaired) electrons. The zero-order chi connectivity index (χ0) is 12.7. The Hall–Kier alpha value is -0.240. The minimum Gasteiger partial charge on any atom is -0.339 e. The number of halogens is 1. The molecule has 1 heterocycles. The topological polar surface area (TPSA) is 20.3 Å². The molecule has 2 fully saturated rings. The van der Waals surface area contributed by atoms with E-state index in [0.717, 1.165) is 19.4 Å². The Labute approximate surface area is 110 Å². The molecule has 2 bridgehead atoms. The van der Waals surface area contributed by atoms with Crippen LogP contribution in [0.4, 0.5) is 0 Å². The fraction of sp³-hybridized carbons (Fsp3) is 0.929. The number of carbonyl (C=O) groups excluding carboxylic acids is 1. The first-order valence-electron chi connectivity index (χ1n) is 6.71. The average molecular weight is 258 g/mol. The first-order valence-corrected chi connectivity index (χ1v) is 7.24. The lowest BCUT2D eigenvalue weighted by atomic mass is 9.65. The second kappa shape index (κ2) is 4.46. The predicted octanol–water partition coefficient (Wildman–Crippen LogP) is 3.43. The van der Waals surface area contributed by atoms with Gasteiger partial charge in [0.05, 0.1) is 0 Å². The van der Waals surface area contributed by atoms with Gasteiger partial charge >= 0.3 is 0 Å². The van der Waals surface area contributed by atoms with Crippen molar-refractivity contribution in [1.29, 1.82) is 0 Å². The maximum Gasteiger partial charge on any atom is 0.222 e. The van der Waals surface area contributed by atoms with Crippen molar-refractivity contribution < 1.29 is 4.79 Å². The highest BCUT2D eigenvalue weighted by Gasteiger charge is 2.50. The number of hydrogen-bond donors (Lipinski definition) is 0. The molecule has 3 heteroatoms. The Morgan fingerprint density at radius 3 is 2.71 bits per heavy atom. The van der Waals surface area contributed by atoms with Gasteiger partial charge in [0.15, 0.2) is 0 Å². The van der Waals surface area contributed by atoms with Gasteiger partial charge < -0.3 is 4.90 Å². The number of nitrogens with zero attached hydrogens (tertiary/aromatic N) is 1. The average Bonchev–Trinajstić information content (AvgIpc) is 2.44. The summed E-state index contributed by atoms with van der Waals surface area (Å²) in [6, 6.07) is 0.478. The molecule has 0 unspecified atom stereocenters. The SMILES string of the molecule is CC1(C)C[C@H]2C[C@@](C)(CN2C(=O)CCCCl)C1. The van der Waals surface area contributed by atoms with Crippen molar-refractivity contribution in [2.75, 3.05) is 12.4 Å². The van der Waals surface area contributed by atoms with Crippen LogP contribution in [0.1, 0.15) is 52.9 Å². The number of hydrogen-bond acceptors (Lipinski definition) is 1. The van der Waals surface area contributed by atoms with Crippen molar-refractivity contribution in [3.8, 4) is 0 Å². The molecule has 1 aliphatic heterocycles. The van der Waals surface area contributed by atoms with Gasteiger partial charge in [-0.2, -0.15) is 0 Å². The molecular formula is C14H24ClNO. The van der Waals surface area contributed by atoms with Crippen LogP contribution in [-0.4, -0.2) is 29.3 Å². The molecule has 0 N–H and O–H groups in total. The van der Waals surface area contributed by atoms with Crippen molar-refractivity contribution in [3.05, 3.63) is 0 Å². The van der Waals surface area contributed by atoms with Crippen molar-refractivity contribution in [1.82, 2.24) is 4.90 Å². The normalized spacial score (nSPS) is 35.1. The molecule has 17 heavy (non-hydrogen) atoms. The highest BCUT2D eigenvalue weighted by Crippen LogP contribution is 2.52. The molecule has 2 aliphatic rings. The summed E-state index contributed by atoms with van der Waals surface area (Å²) in [5.74, 6) is 0.907. The van der Waals surface area contributed by atoms with Gasteiger partial charge in [0.1, 0.15) is 0 Å². The standard InChI is InChI=1S/C14H24ClNO/c1-13(2)7-11-8-14(3,9-13)10-16(11)12(17)5-4-6-15/h11H,4-10H2,1-3H3/t11-,14+/m0/s1. The van der Waals surface area contributed by atoms with Crippen LogP contribution in [0.5, 0.6) is 0 Å². The number of fused-ring (bicyclic) bond motifs is 2. The maximum absolute atomic E-state index is 12.2. The summed E-state index contributed by atoms with van der Waals surface area (Å²) in [7, 11) is 0. The highest BCUT2D eigenvalue weighted by molar-refractivity contribution is 6.17. The van der Waals surface area contributed by atoms with Crippen LogP contribution in [0.25, 0.3) is 0 Å². The number of amides is 1. The molecule has 0 aromatic carbocycles. The molecule has 2 atom stereocenters. The van der Waals surface area contributed by atoms with Crippen LogP contribution in [-0.2, 0) is 4.79 Å². The fourth-order valence-electron chi connectivity index (χ4n) is 4.11. The third-order valence-electron chi connectivity index (χ3n) is 4.26. The van der Waals surface area contributed by atoms with Crippen LogP contribution in [0, 0.1) is 10.8 Å². The van der Waals surface area contributed by atoms with E-state index in [1.165, 1.54) is 12.8 Å². The largest absolute Gasteiger partial charge is 0.339 e. The van der Waals surface area contributed by atoms with Gasteiger partial charge in [0.25, 0.3) is 0 Å². The van der Waals surface area contributed by atoms with E-state index in [9.17, 15) is 4.79 Å². The van der Waals surface area contributed by atoms with Gasteiger partial charge in [-0.25, -0.2) is 0 Å². The lowest BCUT2D eigenvalue weighted by Crippen LogP contribution is -2.37. The smallest absolute Gasteiger partial charge is 0.222 e. The van der Waals surface area contributed by atoms with Crippen LogP contribution >= 0.6 is 11.6 Å². The van der Waals surface area contributed by atoms with Crippen LogP contribution in [0.3, 0.4) is 0 Å². The minimum absolute atomic E-state index is 0.317. The van der Waals surface area contributed by atoms with Crippen molar-refractivity contribution >= 4 is 17.5 Å². The molecule has 1 saturated carbocycles. The van der Waals surface area contributed by atoms with Crippen molar-refractivity contribution in [2.24, 2.45) is 10.8 Å². The van der Waals surface area contributed by atoms with Gasteiger partial charge in [-0.3, -0.25) is 4.79 Å². The molecule has 1 amide bonds. The fourth-order valence-corrected chi connectivity index (χ4v) is 4.25. The van der Waals surface area contributed by atoms with E-state index in [0.29, 0.717) is 35.1 Å². The monoisotopic (exact) mass is 257 g/mol. The molecule has 0 aromatic rings. The Morgan fingerprint density at radius 1 is 1.35 bits per heavy atom. The van der Waals surface area contributed by atoms with Gasteiger partial charge in [-0.15, -0.1) is 11.6 Å². The third kappa shape index (κ3) is 2.78. The minimum atomic E-state index is 0.317. The Kier molecular flexibility index (Phi) is 3.46. The summed E-state index contributed by atoms with van der Waals surface area (Å²) < 4.78 is 0. The molecule has 0 aromatic heterocycles. The van der Waals surface area contributed by atoms with E-state index < -0.39 is 0 Å². The third-order valence-corrected chi connectivity index (χ3v) is 4.53. The van der Waals surface area contributed by atoms with Gasteiger partial charge in [0, 0.05) is 24.9 Å². The van der Waals surface area contributed by atoms with Crippen molar-refractivity contribution in [3.63, 3.8) is 0 Å². The van der Waals surface area contributed by atoms with Gasteiger partial charge in [0.2, 0.25) is 5.91 Å². The molecule has 1 saturated heterocycles. The van der Waals surface area contributed by atoms with E-state index >= 15 is 0 Å². The number of carbonyl (C=O) groups is 1. The molecule has 0 spiro atoms. The zero-order valence-corrected chi connectivity index (χ0v) is 12.0. The van der Waals surface area contributed by atoms with Crippen LogP contribution in [0.2, 0.25) is 0 Å². The Balaban J connectivity index is 2.05. The van der Waals surface area contributed by atoms with E-state index in [1.807, 2.05) is 0 Å². The first kappa shape index (κ1) is 13.2. The summed E-state index contributed by atoms with van der Waals surface area (Å²) in [4.78, 5) is 14.3. The van der Waals surface area contributed by atoms with Gasteiger partial charge in [-0.1, -0.05) is 20.8 Å². The number of alkyl halides is 1. The molecule has 2 rings (SSSR count). The second-order valence-corrected chi connectivity index (χ2v) is 7.41. The second-order valence-electron chi connectivity index (χ2n) is 7.03. The molecular weight excluding hydrogens is 234 g/mol. The van der Waals surface area contributed by atoms with Gasteiger partial charge in [-0.05, 0) is 36.5 Å². The molecule has 98 valence electrons. The Bertz CT molecular complexity index is 315. The number of rotatable bonds is 3. The van der Waals surface area contributed by atoms with Crippen LogP contribution < -0.4 is 0 Å². The summed E-state index contributed by atoms with van der Waals surface area (Å²) in [5.41, 5.74) is 0.738. The summed E-state index contributed by atoms with van der Waals surface area (Å²) >= 11 is 5.67. The lowest BCUT2D eigenvalue weighted by Gasteiger charge is -2.39. The quantitative estimate of drug-likeness (QED) is 0.710. The maximum atomic E-state index is 12.2. The predicted molar refractivity (Wildman–Crippen MR) is 71.2 cm³/mol. The Morgan fingerprint density at radius 2 is 2.06 bits per heavy atom. The summed E-state index contributed by atoms with van der Waals surface area (Å²) in [5, 5.41) is 0.